The highest BCUT2D eigenvalue weighted by molar-refractivity contribution is 9.10. The summed E-state index contributed by atoms with van der Waals surface area (Å²) in [5.74, 6) is 0. The topological polar surface area (TPSA) is 12.0 Å². The van der Waals surface area contributed by atoms with Gasteiger partial charge in [0, 0.05) is 27.2 Å². The van der Waals surface area contributed by atoms with E-state index < -0.39 is 0 Å². The van der Waals surface area contributed by atoms with Gasteiger partial charge in [0.2, 0.25) is 0 Å². The van der Waals surface area contributed by atoms with Gasteiger partial charge in [-0.05, 0) is 59.1 Å². The van der Waals surface area contributed by atoms with Gasteiger partial charge in [0.25, 0.3) is 0 Å². The van der Waals surface area contributed by atoms with Gasteiger partial charge in [-0.2, -0.15) is 0 Å². The fourth-order valence-electron chi connectivity index (χ4n) is 2.35. The Labute approximate surface area is 128 Å². The summed E-state index contributed by atoms with van der Waals surface area (Å²) in [5.41, 5.74) is 4.20. The third-order valence-electron chi connectivity index (χ3n) is 3.50. The maximum absolute atomic E-state index is 3.62. The molecule has 0 spiro atoms. The van der Waals surface area contributed by atoms with Crippen molar-refractivity contribution in [2.24, 2.45) is 0 Å². The largest absolute Gasteiger partial charge is 0.310 e. The first kappa shape index (κ1) is 14.8. The van der Waals surface area contributed by atoms with Crippen molar-refractivity contribution in [3.05, 3.63) is 55.7 Å². The third kappa shape index (κ3) is 3.68. The maximum Gasteiger partial charge on any atom is 0.0371 e. The Hall–Kier alpha value is -0.640. The standard InChI is InChI=1S/C16H20BrNS/c1-4-18-16(9-14-8-13(17)10-19-14)15-7-5-6-11(2)12(15)3/h5-8,10,16,18H,4,9H2,1-3H3. The van der Waals surface area contributed by atoms with Crippen LogP contribution in [-0.4, -0.2) is 6.54 Å². The van der Waals surface area contributed by atoms with Crippen LogP contribution in [0.15, 0.2) is 34.1 Å². The summed E-state index contributed by atoms with van der Waals surface area (Å²) >= 11 is 5.35. The lowest BCUT2D eigenvalue weighted by Gasteiger charge is -2.21. The summed E-state index contributed by atoms with van der Waals surface area (Å²) in [6.45, 7) is 7.57. The van der Waals surface area contributed by atoms with E-state index >= 15 is 0 Å². The Balaban J connectivity index is 2.26. The van der Waals surface area contributed by atoms with Crippen molar-refractivity contribution in [1.29, 1.82) is 0 Å². The van der Waals surface area contributed by atoms with E-state index in [1.54, 1.807) is 0 Å². The normalized spacial score (nSPS) is 12.6. The fourth-order valence-corrected chi connectivity index (χ4v) is 3.85. The van der Waals surface area contributed by atoms with Crippen molar-refractivity contribution in [2.75, 3.05) is 6.54 Å². The Morgan fingerprint density at radius 1 is 1.32 bits per heavy atom. The molecule has 2 rings (SSSR count). The number of hydrogen-bond acceptors (Lipinski definition) is 2. The minimum absolute atomic E-state index is 0.399. The molecule has 1 unspecified atom stereocenters. The fraction of sp³-hybridized carbons (Fsp3) is 0.375. The second-order valence-corrected chi connectivity index (χ2v) is 6.75. The number of thiophene rings is 1. The second kappa shape index (κ2) is 6.69. The van der Waals surface area contributed by atoms with Crippen LogP contribution in [0.5, 0.6) is 0 Å². The Kier molecular flexibility index (Phi) is 5.20. The molecule has 1 atom stereocenters. The van der Waals surface area contributed by atoms with E-state index in [0.717, 1.165) is 13.0 Å². The van der Waals surface area contributed by atoms with Gasteiger partial charge in [-0.3, -0.25) is 0 Å². The van der Waals surface area contributed by atoms with Crippen molar-refractivity contribution in [2.45, 2.75) is 33.2 Å². The van der Waals surface area contributed by atoms with Crippen molar-refractivity contribution in [1.82, 2.24) is 5.32 Å². The summed E-state index contributed by atoms with van der Waals surface area (Å²) in [6.07, 6.45) is 1.05. The number of aryl methyl sites for hydroxylation is 1. The van der Waals surface area contributed by atoms with Crippen molar-refractivity contribution in [3.8, 4) is 0 Å². The predicted molar refractivity (Wildman–Crippen MR) is 88.1 cm³/mol. The van der Waals surface area contributed by atoms with E-state index in [2.05, 4.69) is 71.7 Å². The first-order valence-electron chi connectivity index (χ1n) is 6.64. The number of halogens is 1. The van der Waals surface area contributed by atoms with Crippen LogP contribution < -0.4 is 5.32 Å². The van der Waals surface area contributed by atoms with Crippen LogP contribution in [0, 0.1) is 13.8 Å². The highest BCUT2D eigenvalue weighted by Gasteiger charge is 2.15. The monoisotopic (exact) mass is 337 g/mol. The van der Waals surface area contributed by atoms with Crippen molar-refractivity contribution >= 4 is 27.3 Å². The molecule has 1 aromatic heterocycles. The van der Waals surface area contributed by atoms with E-state index in [0.29, 0.717) is 6.04 Å². The van der Waals surface area contributed by atoms with Crippen molar-refractivity contribution < 1.29 is 0 Å². The number of nitrogens with one attached hydrogen (secondary N) is 1. The lowest BCUT2D eigenvalue weighted by molar-refractivity contribution is 0.550. The number of rotatable bonds is 5. The van der Waals surface area contributed by atoms with E-state index in [9.17, 15) is 0 Å². The quantitative estimate of drug-likeness (QED) is 0.807. The molecule has 0 fully saturated rings. The highest BCUT2D eigenvalue weighted by Crippen LogP contribution is 2.28. The molecule has 1 heterocycles. The SMILES string of the molecule is CCNC(Cc1cc(Br)cs1)c1cccc(C)c1C. The van der Waals surface area contributed by atoms with Crippen molar-refractivity contribution in [3.63, 3.8) is 0 Å². The molecule has 3 heteroatoms. The van der Waals surface area contributed by atoms with Crippen LogP contribution in [0.25, 0.3) is 0 Å². The Morgan fingerprint density at radius 3 is 2.74 bits per heavy atom. The lowest BCUT2D eigenvalue weighted by Crippen LogP contribution is -2.23. The number of hydrogen-bond donors (Lipinski definition) is 1. The van der Waals surface area contributed by atoms with Gasteiger partial charge in [-0.15, -0.1) is 11.3 Å². The first-order chi connectivity index (χ1) is 9.11. The molecule has 0 aliphatic heterocycles. The minimum Gasteiger partial charge on any atom is -0.310 e. The molecule has 1 N–H and O–H groups in total. The predicted octanol–water partition coefficient (Wildman–Crippen LogP) is 5.02. The summed E-state index contributed by atoms with van der Waals surface area (Å²) in [4.78, 5) is 1.42. The smallest absolute Gasteiger partial charge is 0.0371 e. The zero-order chi connectivity index (χ0) is 13.8. The van der Waals surface area contributed by atoms with Gasteiger partial charge >= 0.3 is 0 Å². The zero-order valence-electron chi connectivity index (χ0n) is 11.7. The molecule has 19 heavy (non-hydrogen) atoms. The van der Waals surface area contributed by atoms with Crippen LogP contribution >= 0.6 is 27.3 Å². The second-order valence-electron chi connectivity index (χ2n) is 4.83. The molecular formula is C16H20BrNS. The highest BCUT2D eigenvalue weighted by atomic mass is 79.9. The first-order valence-corrected chi connectivity index (χ1v) is 8.31. The molecule has 0 bridgehead atoms. The van der Waals surface area contributed by atoms with E-state index in [4.69, 9.17) is 0 Å². The summed E-state index contributed by atoms with van der Waals surface area (Å²) < 4.78 is 1.18. The molecule has 0 aliphatic rings. The zero-order valence-corrected chi connectivity index (χ0v) is 14.1. The van der Waals surface area contributed by atoms with Crippen LogP contribution in [0.4, 0.5) is 0 Å². The van der Waals surface area contributed by atoms with E-state index in [-0.39, 0.29) is 0 Å². The van der Waals surface area contributed by atoms with Crippen LogP contribution in [0.3, 0.4) is 0 Å². The molecule has 0 radical (unpaired) electrons. The van der Waals surface area contributed by atoms with Crippen LogP contribution in [-0.2, 0) is 6.42 Å². The van der Waals surface area contributed by atoms with Crippen LogP contribution in [0.1, 0.15) is 34.5 Å². The summed E-state index contributed by atoms with van der Waals surface area (Å²) in [7, 11) is 0. The van der Waals surface area contributed by atoms with Crippen LogP contribution in [0.2, 0.25) is 0 Å². The molecule has 0 saturated carbocycles. The molecule has 0 amide bonds. The lowest BCUT2D eigenvalue weighted by atomic mass is 9.95. The van der Waals surface area contributed by atoms with Gasteiger partial charge in [-0.1, -0.05) is 25.1 Å². The Bertz CT molecular complexity index is 547. The average molecular weight is 338 g/mol. The van der Waals surface area contributed by atoms with Gasteiger partial charge in [0.15, 0.2) is 0 Å². The number of benzene rings is 1. The van der Waals surface area contributed by atoms with Gasteiger partial charge < -0.3 is 5.32 Å². The molecule has 2 aromatic rings. The van der Waals surface area contributed by atoms with Gasteiger partial charge in [0.1, 0.15) is 0 Å². The molecular weight excluding hydrogens is 318 g/mol. The molecule has 0 saturated heterocycles. The summed E-state index contributed by atoms with van der Waals surface area (Å²) in [6, 6.07) is 9.21. The number of likely N-dealkylation sites (N-methyl/N-ethyl adjacent to an activating group) is 1. The molecule has 102 valence electrons. The third-order valence-corrected chi connectivity index (χ3v) is 5.22. The Morgan fingerprint density at radius 2 is 2.11 bits per heavy atom. The van der Waals surface area contributed by atoms with E-state index in [1.165, 1.54) is 26.0 Å². The summed E-state index contributed by atoms with van der Waals surface area (Å²) in [5, 5.41) is 5.77. The average Bonchev–Trinajstić information content (AvgIpc) is 2.78. The van der Waals surface area contributed by atoms with E-state index in [1.807, 2.05) is 11.3 Å². The van der Waals surface area contributed by atoms with Gasteiger partial charge in [0.05, 0.1) is 0 Å². The molecule has 1 nitrogen and oxygen atoms in total. The molecule has 1 aromatic carbocycles. The molecule has 0 aliphatic carbocycles. The van der Waals surface area contributed by atoms with Gasteiger partial charge in [-0.25, -0.2) is 0 Å². The maximum atomic E-state index is 3.62. The minimum atomic E-state index is 0.399.